The van der Waals surface area contributed by atoms with Crippen LogP contribution in [0.4, 0.5) is 0 Å². The Kier molecular flexibility index (Phi) is 7.68. The van der Waals surface area contributed by atoms with Crippen molar-refractivity contribution in [3.05, 3.63) is 0 Å². The molecule has 4 aliphatic carbocycles. The zero-order valence-corrected chi connectivity index (χ0v) is 18.1. The molecule has 0 N–H and O–H groups in total. The molecule has 4 aliphatic rings. The Morgan fingerprint density at radius 2 is 1.38 bits per heavy atom. The molecule has 0 aromatic heterocycles. The minimum absolute atomic E-state index is 0.321. The molecule has 4 saturated carbocycles. The SMILES string of the molecule is CCCCCCCOP(=O)(CCCC)OCC12CC3CC(CC(C3)C1)C2. The summed E-state index contributed by atoms with van der Waals surface area (Å²) in [7, 11) is -2.91. The van der Waals surface area contributed by atoms with Gasteiger partial charge in [-0.1, -0.05) is 46.0 Å². The number of hydrogen-bond donors (Lipinski definition) is 0. The van der Waals surface area contributed by atoms with Crippen molar-refractivity contribution in [3.63, 3.8) is 0 Å². The van der Waals surface area contributed by atoms with E-state index in [1.165, 1.54) is 64.2 Å². The summed E-state index contributed by atoms with van der Waals surface area (Å²) < 4.78 is 25.4. The number of unbranched alkanes of at least 4 members (excludes halogenated alkanes) is 5. The van der Waals surface area contributed by atoms with E-state index >= 15 is 0 Å². The summed E-state index contributed by atoms with van der Waals surface area (Å²) in [5, 5.41) is 0. The van der Waals surface area contributed by atoms with E-state index in [4.69, 9.17) is 9.05 Å². The first kappa shape index (κ1) is 20.9. The first-order valence-corrected chi connectivity index (χ1v) is 13.2. The lowest BCUT2D eigenvalue weighted by Gasteiger charge is -2.56. The Bertz CT molecular complexity index is 441. The average Bonchev–Trinajstić information content (AvgIpc) is 2.61. The molecule has 0 spiro atoms. The second-order valence-corrected chi connectivity index (χ2v) is 11.8. The molecule has 26 heavy (non-hydrogen) atoms. The van der Waals surface area contributed by atoms with Gasteiger partial charge >= 0.3 is 7.60 Å². The third-order valence-electron chi connectivity index (χ3n) is 7.05. The lowest BCUT2D eigenvalue weighted by Crippen LogP contribution is -2.48. The highest BCUT2D eigenvalue weighted by Gasteiger charge is 2.51. The van der Waals surface area contributed by atoms with Gasteiger partial charge in [0.05, 0.1) is 19.4 Å². The summed E-state index contributed by atoms with van der Waals surface area (Å²) in [5.41, 5.74) is 0.321. The molecule has 3 nitrogen and oxygen atoms in total. The fraction of sp³-hybridized carbons (Fsp3) is 1.00. The molecule has 4 rings (SSSR count). The predicted molar refractivity (Wildman–Crippen MR) is 109 cm³/mol. The number of rotatable bonds is 13. The fourth-order valence-electron chi connectivity index (χ4n) is 6.13. The summed E-state index contributed by atoms with van der Waals surface area (Å²) in [4.78, 5) is 0. The van der Waals surface area contributed by atoms with E-state index in [0.29, 0.717) is 24.8 Å². The van der Waals surface area contributed by atoms with Crippen molar-refractivity contribution in [3.8, 4) is 0 Å². The van der Waals surface area contributed by atoms with E-state index in [9.17, 15) is 4.57 Å². The molecule has 0 radical (unpaired) electrons. The van der Waals surface area contributed by atoms with Crippen LogP contribution in [0, 0.1) is 23.2 Å². The van der Waals surface area contributed by atoms with Gasteiger partial charge in [-0.15, -0.1) is 0 Å². The molecule has 0 heterocycles. The summed E-state index contributed by atoms with van der Waals surface area (Å²) in [5.74, 6) is 2.75. The van der Waals surface area contributed by atoms with Crippen LogP contribution in [0.1, 0.15) is 97.3 Å². The molecule has 4 bridgehead atoms. The van der Waals surface area contributed by atoms with Crippen LogP contribution in [-0.4, -0.2) is 19.4 Å². The zero-order valence-electron chi connectivity index (χ0n) is 17.2. The monoisotopic (exact) mass is 384 g/mol. The number of hydrogen-bond acceptors (Lipinski definition) is 3. The van der Waals surface area contributed by atoms with Crippen LogP contribution in [0.2, 0.25) is 0 Å². The molecule has 0 aliphatic heterocycles. The molecule has 152 valence electrons. The van der Waals surface area contributed by atoms with Gasteiger partial charge in [-0.3, -0.25) is 4.57 Å². The molecule has 0 aromatic rings. The Balaban J connectivity index is 1.48. The molecule has 4 fully saturated rings. The second kappa shape index (κ2) is 9.57. The van der Waals surface area contributed by atoms with E-state index < -0.39 is 7.60 Å². The molecular weight excluding hydrogens is 343 g/mol. The smallest absolute Gasteiger partial charge is 0.309 e. The van der Waals surface area contributed by atoms with E-state index in [2.05, 4.69) is 13.8 Å². The van der Waals surface area contributed by atoms with E-state index in [0.717, 1.165) is 37.0 Å². The van der Waals surface area contributed by atoms with Crippen LogP contribution in [0.15, 0.2) is 0 Å². The molecule has 1 unspecified atom stereocenters. The van der Waals surface area contributed by atoms with Crippen LogP contribution >= 0.6 is 7.60 Å². The van der Waals surface area contributed by atoms with E-state index in [-0.39, 0.29) is 0 Å². The summed E-state index contributed by atoms with van der Waals surface area (Å²) >= 11 is 0. The molecule has 0 saturated heterocycles. The zero-order chi connectivity index (χ0) is 18.5. The molecule has 4 heteroatoms. The average molecular weight is 385 g/mol. The van der Waals surface area contributed by atoms with E-state index in [1.807, 2.05) is 0 Å². The van der Waals surface area contributed by atoms with Gasteiger partial charge in [0.2, 0.25) is 0 Å². The largest absolute Gasteiger partial charge is 0.330 e. The Morgan fingerprint density at radius 1 is 0.808 bits per heavy atom. The van der Waals surface area contributed by atoms with Gasteiger partial charge in [0, 0.05) is 0 Å². The van der Waals surface area contributed by atoms with Crippen LogP contribution in [-0.2, 0) is 13.6 Å². The highest BCUT2D eigenvalue weighted by molar-refractivity contribution is 7.53. The normalized spacial score (nSPS) is 34.9. The predicted octanol–water partition coefficient (Wildman–Crippen LogP) is 7.20. The lowest BCUT2D eigenvalue weighted by molar-refractivity contribution is -0.0766. The topological polar surface area (TPSA) is 35.5 Å². The Hall–Kier alpha value is 0.150. The van der Waals surface area contributed by atoms with Gasteiger partial charge in [0.1, 0.15) is 0 Å². The van der Waals surface area contributed by atoms with Crippen LogP contribution in [0.3, 0.4) is 0 Å². The Labute approximate surface area is 161 Å². The minimum atomic E-state index is -2.91. The molecule has 0 amide bonds. The third-order valence-corrected chi connectivity index (χ3v) is 9.02. The highest BCUT2D eigenvalue weighted by Crippen LogP contribution is 2.61. The quantitative estimate of drug-likeness (QED) is 0.249. The summed E-state index contributed by atoms with van der Waals surface area (Å²) in [6.45, 7) is 5.67. The summed E-state index contributed by atoms with van der Waals surface area (Å²) in [6, 6.07) is 0. The standard InChI is InChI=1S/C22H41O3P/c1-3-5-7-8-9-10-24-26(23,11-6-4-2)25-18-22-15-19-12-20(16-22)14-21(13-19)17-22/h19-21H,3-18H2,1-2H3. The third kappa shape index (κ3) is 5.58. The van der Waals surface area contributed by atoms with Gasteiger partial charge in [-0.25, -0.2) is 0 Å². The fourth-order valence-corrected chi connectivity index (χ4v) is 8.04. The summed E-state index contributed by atoms with van der Waals surface area (Å²) in [6.07, 6.45) is 16.8. The van der Waals surface area contributed by atoms with Crippen LogP contribution < -0.4 is 0 Å². The maximum absolute atomic E-state index is 13.3. The minimum Gasteiger partial charge on any atom is -0.309 e. The van der Waals surface area contributed by atoms with Crippen molar-refractivity contribution < 1.29 is 13.6 Å². The van der Waals surface area contributed by atoms with Gasteiger partial charge in [-0.2, -0.15) is 0 Å². The maximum atomic E-state index is 13.3. The van der Waals surface area contributed by atoms with Gasteiger partial charge in [0.15, 0.2) is 0 Å². The first-order valence-electron chi connectivity index (χ1n) is 11.4. The van der Waals surface area contributed by atoms with Crippen molar-refractivity contribution in [1.29, 1.82) is 0 Å². The van der Waals surface area contributed by atoms with Crippen molar-refractivity contribution in [2.75, 3.05) is 19.4 Å². The van der Waals surface area contributed by atoms with Gasteiger partial charge in [-0.05, 0) is 74.5 Å². The molecule has 0 aromatic carbocycles. The highest BCUT2D eigenvalue weighted by atomic mass is 31.2. The Morgan fingerprint density at radius 3 is 1.96 bits per heavy atom. The van der Waals surface area contributed by atoms with Gasteiger partial charge in [0.25, 0.3) is 0 Å². The second-order valence-electron chi connectivity index (χ2n) is 9.63. The van der Waals surface area contributed by atoms with Crippen molar-refractivity contribution in [2.45, 2.75) is 97.3 Å². The molecule has 1 atom stereocenters. The van der Waals surface area contributed by atoms with Crippen molar-refractivity contribution in [2.24, 2.45) is 23.2 Å². The molecular formula is C22H41O3P. The van der Waals surface area contributed by atoms with E-state index in [1.54, 1.807) is 0 Å². The van der Waals surface area contributed by atoms with Crippen molar-refractivity contribution in [1.82, 2.24) is 0 Å². The lowest BCUT2D eigenvalue weighted by atomic mass is 9.50. The van der Waals surface area contributed by atoms with Crippen LogP contribution in [0.5, 0.6) is 0 Å². The first-order chi connectivity index (χ1) is 12.6. The van der Waals surface area contributed by atoms with Crippen LogP contribution in [0.25, 0.3) is 0 Å². The van der Waals surface area contributed by atoms with Crippen molar-refractivity contribution >= 4 is 7.60 Å². The van der Waals surface area contributed by atoms with Gasteiger partial charge < -0.3 is 9.05 Å². The maximum Gasteiger partial charge on any atom is 0.330 e.